The van der Waals surface area contributed by atoms with Crippen LogP contribution in [0.5, 0.6) is 0 Å². The van der Waals surface area contributed by atoms with Gasteiger partial charge in [0.25, 0.3) is 0 Å². The van der Waals surface area contributed by atoms with E-state index in [1.165, 1.54) is 35.1 Å². The lowest BCUT2D eigenvalue weighted by molar-refractivity contribution is 0.260. The minimum absolute atomic E-state index is 0.356. The Balaban J connectivity index is 1.90. The first kappa shape index (κ1) is 15.3. The third-order valence-corrected chi connectivity index (χ3v) is 6.16. The van der Waals surface area contributed by atoms with E-state index in [4.69, 9.17) is 4.98 Å². The molecule has 3 unspecified atom stereocenters. The van der Waals surface area contributed by atoms with Crippen LogP contribution in [0.15, 0.2) is 0 Å². The standard InChI is InChI=1S/C17H29N3S/c1-6-18-13-8-17(4,5)9-14-15(13)21-16(19-14)20-10-11(2)7-12(20)3/h11-13,18H,6-10H2,1-5H3. The zero-order valence-corrected chi connectivity index (χ0v) is 14.9. The summed E-state index contributed by atoms with van der Waals surface area (Å²) in [6.07, 6.45) is 3.65. The van der Waals surface area contributed by atoms with Crippen molar-refractivity contribution in [2.24, 2.45) is 11.3 Å². The SMILES string of the molecule is CCNC1CC(C)(C)Cc2nc(N3CC(C)CC3C)sc21. The van der Waals surface area contributed by atoms with Gasteiger partial charge in [-0.15, -0.1) is 0 Å². The number of aromatic nitrogens is 1. The number of hydrogen-bond acceptors (Lipinski definition) is 4. The molecule has 4 heteroatoms. The molecule has 1 aliphatic carbocycles. The van der Waals surface area contributed by atoms with E-state index < -0.39 is 0 Å². The quantitative estimate of drug-likeness (QED) is 0.915. The van der Waals surface area contributed by atoms with Gasteiger partial charge in [0.15, 0.2) is 5.13 Å². The lowest BCUT2D eigenvalue weighted by atomic mass is 9.76. The molecule has 3 rings (SSSR count). The van der Waals surface area contributed by atoms with Crippen molar-refractivity contribution in [2.45, 2.75) is 66.0 Å². The van der Waals surface area contributed by atoms with E-state index in [-0.39, 0.29) is 0 Å². The fraction of sp³-hybridized carbons (Fsp3) is 0.824. The molecule has 1 aromatic rings. The lowest BCUT2D eigenvalue weighted by Gasteiger charge is -2.34. The van der Waals surface area contributed by atoms with Crippen LogP contribution >= 0.6 is 11.3 Å². The summed E-state index contributed by atoms with van der Waals surface area (Å²) >= 11 is 1.94. The summed E-state index contributed by atoms with van der Waals surface area (Å²) in [4.78, 5) is 9.08. The average Bonchev–Trinajstić information content (AvgIpc) is 2.91. The summed E-state index contributed by atoms with van der Waals surface area (Å²) in [7, 11) is 0. The number of thiazole rings is 1. The molecule has 0 saturated carbocycles. The highest BCUT2D eigenvalue weighted by atomic mass is 32.1. The second-order valence-electron chi connectivity index (χ2n) is 7.81. The van der Waals surface area contributed by atoms with Crippen LogP contribution in [0.1, 0.15) is 64.1 Å². The van der Waals surface area contributed by atoms with E-state index in [0.29, 0.717) is 17.5 Å². The predicted molar refractivity (Wildman–Crippen MR) is 91.2 cm³/mol. The molecule has 0 radical (unpaired) electrons. The smallest absolute Gasteiger partial charge is 0.186 e. The third kappa shape index (κ3) is 2.98. The maximum Gasteiger partial charge on any atom is 0.186 e. The monoisotopic (exact) mass is 307 g/mol. The number of fused-ring (bicyclic) bond motifs is 1. The van der Waals surface area contributed by atoms with Crippen molar-refractivity contribution in [3.63, 3.8) is 0 Å². The second-order valence-corrected chi connectivity index (χ2v) is 8.81. The van der Waals surface area contributed by atoms with Crippen molar-refractivity contribution in [1.29, 1.82) is 0 Å². The van der Waals surface area contributed by atoms with Crippen LogP contribution in [0.4, 0.5) is 5.13 Å². The van der Waals surface area contributed by atoms with Crippen LogP contribution in [0, 0.1) is 11.3 Å². The Bertz CT molecular complexity index is 508. The molecule has 3 nitrogen and oxygen atoms in total. The minimum Gasteiger partial charge on any atom is -0.345 e. The maximum absolute atomic E-state index is 5.05. The molecule has 1 saturated heterocycles. The molecule has 0 aromatic carbocycles. The third-order valence-electron chi connectivity index (χ3n) is 4.92. The summed E-state index contributed by atoms with van der Waals surface area (Å²) in [6, 6.07) is 1.13. The summed E-state index contributed by atoms with van der Waals surface area (Å²) in [5.74, 6) is 0.793. The van der Waals surface area contributed by atoms with Gasteiger partial charge >= 0.3 is 0 Å². The van der Waals surface area contributed by atoms with Gasteiger partial charge in [0, 0.05) is 23.5 Å². The molecular weight excluding hydrogens is 278 g/mol. The molecule has 1 aliphatic heterocycles. The Morgan fingerprint density at radius 1 is 1.38 bits per heavy atom. The van der Waals surface area contributed by atoms with Crippen LogP contribution in [0.25, 0.3) is 0 Å². The van der Waals surface area contributed by atoms with E-state index in [9.17, 15) is 0 Å². The summed E-state index contributed by atoms with van der Waals surface area (Å²) in [5, 5.41) is 4.93. The van der Waals surface area contributed by atoms with Crippen molar-refractivity contribution in [1.82, 2.24) is 10.3 Å². The van der Waals surface area contributed by atoms with Crippen molar-refractivity contribution < 1.29 is 0 Å². The van der Waals surface area contributed by atoms with E-state index in [2.05, 4.69) is 44.8 Å². The summed E-state index contributed by atoms with van der Waals surface area (Å²) < 4.78 is 0. The van der Waals surface area contributed by atoms with Crippen molar-refractivity contribution >= 4 is 16.5 Å². The van der Waals surface area contributed by atoms with Crippen LogP contribution in [0.3, 0.4) is 0 Å². The van der Waals surface area contributed by atoms with Crippen LogP contribution in [0.2, 0.25) is 0 Å². The minimum atomic E-state index is 0.356. The molecule has 21 heavy (non-hydrogen) atoms. The molecule has 3 atom stereocenters. The van der Waals surface area contributed by atoms with Gasteiger partial charge in [0.05, 0.1) is 5.69 Å². The molecule has 0 amide bonds. The van der Waals surface area contributed by atoms with Gasteiger partial charge in [-0.1, -0.05) is 39.0 Å². The normalized spacial score (nSPS) is 31.5. The van der Waals surface area contributed by atoms with Gasteiger partial charge < -0.3 is 10.2 Å². The summed E-state index contributed by atoms with van der Waals surface area (Å²) in [6.45, 7) is 13.9. The first-order chi connectivity index (χ1) is 9.89. The van der Waals surface area contributed by atoms with Gasteiger partial charge in [0.1, 0.15) is 0 Å². The first-order valence-corrected chi connectivity index (χ1v) is 9.21. The topological polar surface area (TPSA) is 28.2 Å². The van der Waals surface area contributed by atoms with Gasteiger partial charge in [-0.05, 0) is 44.1 Å². The van der Waals surface area contributed by atoms with Crippen LogP contribution in [-0.4, -0.2) is 24.1 Å². The predicted octanol–water partition coefficient (Wildman–Crippen LogP) is 4.00. The molecule has 0 spiro atoms. The molecule has 118 valence electrons. The molecule has 2 aliphatic rings. The van der Waals surface area contributed by atoms with Crippen molar-refractivity contribution in [3.8, 4) is 0 Å². The Hall–Kier alpha value is -0.610. The maximum atomic E-state index is 5.05. The number of nitrogens with zero attached hydrogens (tertiary/aromatic N) is 2. The highest BCUT2D eigenvalue weighted by Gasteiger charge is 2.36. The number of hydrogen-bond donors (Lipinski definition) is 1. The largest absolute Gasteiger partial charge is 0.345 e. The highest BCUT2D eigenvalue weighted by Crippen LogP contribution is 2.45. The first-order valence-electron chi connectivity index (χ1n) is 8.39. The van der Waals surface area contributed by atoms with Gasteiger partial charge in [-0.25, -0.2) is 4.98 Å². The average molecular weight is 308 g/mol. The van der Waals surface area contributed by atoms with Crippen molar-refractivity contribution in [2.75, 3.05) is 18.0 Å². The van der Waals surface area contributed by atoms with E-state index in [1.807, 2.05) is 11.3 Å². The zero-order chi connectivity index (χ0) is 15.2. The molecule has 1 aromatic heterocycles. The number of nitrogens with one attached hydrogen (secondary N) is 1. The number of anilines is 1. The molecule has 1 N–H and O–H groups in total. The molecule has 1 fully saturated rings. The fourth-order valence-electron chi connectivity index (χ4n) is 4.02. The second kappa shape index (κ2) is 5.54. The Morgan fingerprint density at radius 2 is 2.14 bits per heavy atom. The van der Waals surface area contributed by atoms with Crippen LogP contribution < -0.4 is 10.2 Å². The summed E-state index contributed by atoms with van der Waals surface area (Å²) in [5.41, 5.74) is 1.71. The molecule has 0 bridgehead atoms. The van der Waals surface area contributed by atoms with Crippen molar-refractivity contribution in [3.05, 3.63) is 10.6 Å². The van der Waals surface area contributed by atoms with Gasteiger partial charge in [0.2, 0.25) is 0 Å². The van der Waals surface area contributed by atoms with Gasteiger partial charge in [-0.2, -0.15) is 0 Å². The Kier molecular flexibility index (Phi) is 4.04. The fourth-order valence-corrected chi connectivity index (χ4v) is 5.29. The van der Waals surface area contributed by atoms with E-state index in [0.717, 1.165) is 18.9 Å². The van der Waals surface area contributed by atoms with E-state index in [1.54, 1.807) is 0 Å². The Labute approximate surface area is 133 Å². The van der Waals surface area contributed by atoms with Crippen LogP contribution in [-0.2, 0) is 6.42 Å². The zero-order valence-electron chi connectivity index (χ0n) is 14.1. The molecular formula is C17H29N3S. The Morgan fingerprint density at radius 3 is 2.76 bits per heavy atom. The number of rotatable bonds is 3. The lowest BCUT2D eigenvalue weighted by Crippen LogP contribution is -2.32. The molecule has 2 heterocycles. The van der Waals surface area contributed by atoms with E-state index >= 15 is 0 Å². The van der Waals surface area contributed by atoms with Gasteiger partial charge in [-0.3, -0.25) is 0 Å². The highest BCUT2D eigenvalue weighted by molar-refractivity contribution is 7.15.